The molecule has 6 aromatic carbocycles. The van der Waals surface area contributed by atoms with Crippen LogP contribution in [0.4, 0.5) is 17.1 Å². The van der Waals surface area contributed by atoms with Crippen molar-refractivity contribution < 1.29 is 8.83 Å². The Morgan fingerprint density at radius 2 is 1.20 bits per heavy atom. The van der Waals surface area contributed by atoms with Crippen LogP contribution in [0.1, 0.15) is 0 Å². The first-order chi connectivity index (χ1) is 20.3. The van der Waals surface area contributed by atoms with Crippen LogP contribution in [0, 0.1) is 0 Å². The molecule has 2 heterocycles. The van der Waals surface area contributed by atoms with Gasteiger partial charge in [0, 0.05) is 27.7 Å². The summed E-state index contributed by atoms with van der Waals surface area (Å²) in [7, 11) is 0. The van der Waals surface area contributed by atoms with Crippen LogP contribution < -0.4 is 4.90 Å². The Hall–Kier alpha value is -5.61. The van der Waals surface area contributed by atoms with Crippen LogP contribution in [0.3, 0.4) is 0 Å². The lowest BCUT2D eigenvalue weighted by Crippen LogP contribution is -2.10. The average Bonchev–Trinajstić information content (AvgIpc) is 3.65. The quantitative estimate of drug-likeness (QED) is 0.223. The fraction of sp³-hybridized carbons (Fsp3) is 0. The van der Waals surface area contributed by atoms with Gasteiger partial charge in [-0.1, -0.05) is 91.0 Å². The van der Waals surface area contributed by atoms with Gasteiger partial charge in [0.1, 0.15) is 11.1 Å². The summed E-state index contributed by atoms with van der Waals surface area (Å²) in [5.41, 5.74) is 9.48. The molecule has 0 amide bonds. The number of oxazole rings is 1. The molecule has 41 heavy (non-hydrogen) atoms. The fourth-order valence-corrected chi connectivity index (χ4v) is 5.63. The van der Waals surface area contributed by atoms with Gasteiger partial charge in [0.2, 0.25) is 5.89 Å². The first kappa shape index (κ1) is 23.3. The number of fused-ring (bicyclic) bond motifs is 4. The second-order valence-corrected chi connectivity index (χ2v) is 10.0. The zero-order valence-electron chi connectivity index (χ0n) is 22.1. The first-order valence-corrected chi connectivity index (χ1v) is 13.6. The highest BCUT2D eigenvalue weighted by Gasteiger charge is 2.22. The predicted octanol–water partition coefficient (Wildman–Crippen LogP) is 10.5. The molecular formula is C37H24N2O2. The molecule has 0 radical (unpaired) electrons. The Kier molecular flexibility index (Phi) is 5.42. The minimum atomic E-state index is 0.584. The summed E-state index contributed by atoms with van der Waals surface area (Å²) in [6, 6.07) is 49.7. The molecule has 0 fully saturated rings. The van der Waals surface area contributed by atoms with Crippen molar-refractivity contribution in [2.45, 2.75) is 0 Å². The van der Waals surface area contributed by atoms with Crippen molar-refractivity contribution in [3.63, 3.8) is 0 Å². The molecule has 8 aromatic rings. The molecule has 0 saturated carbocycles. The summed E-state index contributed by atoms with van der Waals surface area (Å²) >= 11 is 0. The smallest absolute Gasteiger partial charge is 0.228 e. The number of aromatic nitrogens is 1. The predicted molar refractivity (Wildman–Crippen MR) is 167 cm³/mol. The highest BCUT2D eigenvalue weighted by atomic mass is 16.3. The minimum Gasteiger partial charge on any atom is -0.454 e. The number of hydrogen-bond acceptors (Lipinski definition) is 4. The summed E-state index contributed by atoms with van der Waals surface area (Å²) < 4.78 is 12.8. The maximum Gasteiger partial charge on any atom is 0.228 e. The van der Waals surface area contributed by atoms with Crippen molar-refractivity contribution in [2.75, 3.05) is 4.90 Å². The van der Waals surface area contributed by atoms with Gasteiger partial charge in [-0.05, 0) is 65.7 Å². The van der Waals surface area contributed by atoms with Crippen LogP contribution in [0.15, 0.2) is 154 Å². The van der Waals surface area contributed by atoms with Gasteiger partial charge in [0.25, 0.3) is 0 Å². The molecule has 0 aliphatic heterocycles. The summed E-state index contributed by atoms with van der Waals surface area (Å²) in [4.78, 5) is 7.05. The minimum absolute atomic E-state index is 0.584. The number of anilines is 3. The molecule has 0 aliphatic carbocycles. The molecule has 2 aromatic heterocycles. The van der Waals surface area contributed by atoms with Crippen molar-refractivity contribution in [3.05, 3.63) is 146 Å². The van der Waals surface area contributed by atoms with Crippen molar-refractivity contribution >= 4 is 50.1 Å². The van der Waals surface area contributed by atoms with E-state index in [0.29, 0.717) is 5.89 Å². The van der Waals surface area contributed by atoms with Crippen LogP contribution in [0.5, 0.6) is 0 Å². The van der Waals surface area contributed by atoms with Crippen molar-refractivity contribution in [1.82, 2.24) is 4.98 Å². The third-order valence-corrected chi connectivity index (χ3v) is 7.49. The van der Waals surface area contributed by atoms with Gasteiger partial charge >= 0.3 is 0 Å². The Morgan fingerprint density at radius 1 is 0.512 bits per heavy atom. The Labute approximate surface area is 236 Å². The van der Waals surface area contributed by atoms with E-state index < -0.39 is 0 Å². The maximum atomic E-state index is 6.65. The largest absolute Gasteiger partial charge is 0.454 e. The van der Waals surface area contributed by atoms with Gasteiger partial charge in [-0.3, -0.25) is 0 Å². The van der Waals surface area contributed by atoms with Crippen LogP contribution >= 0.6 is 0 Å². The highest BCUT2D eigenvalue weighted by Crippen LogP contribution is 2.44. The molecule has 4 heteroatoms. The number of nitrogens with zero attached hydrogens (tertiary/aromatic N) is 2. The van der Waals surface area contributed by atoms with Gasteiger partial charge in [0.05, 0.1) is 5.69 Å². The summed E-state index contributed by atoms with van der Waals surface area (Å²) in [5, 5.41) is 2.00. The third kappa shape index (κ3) is 3.97. The fourth-order valence-electron chi connectivity index (χ4n) is 5.63. The highest BCUT2D eigenvalue weighted by molar-refractivity contribution is 6.15. The second kappa shape index (κ2) is 9.54. The van der Waals surface area contributed by atoms with E-state index in [-0.39, 0.29) is 0 Å². The molecule has 0 saturated heterocycles. The van der Waals surface area contributed by atoms with Crippen molar-refractivity contribution in [3.8, 4) is 22.6 Å². The van der Waals surface area contributed by atoms with Crippen LogP contribution in [-0.4, -0.2) is 4.98 Å². The van der Waals surface area contributed by atoms with E-state index in [2.05, 4.69) is 95.9 Å². The lowest BCUT2D eigenvalue weighted by Gasteiger charge is -2.26. The number of rotatable bonds is 5. The van der Waals surface area contributed by atoms with Crippen LogP contribution in [-0.2, 0) is 0 Å². The third-order valence-electron chi connectivity index (χ3n) is 7.49. The van der Waals surface area contributed by atoms with E-state index in [1.54, 1.807) is 0 Å². The number of para-hydroxylation sites is 4. The number of furan rings is 1. The molecule has 0 atom stereocenters. The van der Waals surface area contributed by atoms with Crippen molar-refractivity contribution in [2.24, 2.45) is 0 Å². The van der Waals surface area contributed by atoms with E-state index in [9.17, 15) is 0 Å². The van der Waals surface area contributed by atoms with Crippen LogP contribution in [0.25, 0.3) is 55.6 Å². The lowest BCUT2D eigenvalue weighted by molar-refractivity contribution is 0.620. The lowest BCUT2D eigenvalue weighted by atomic mass is 10.0. The maximum absolute atomic E-state index is 6.65. The normalized spacial score (nSPS) is 11.4. The summed E-state index contributed by atoms with van der Waals surface area (Å²) in [5.74, 6) is 0.584. The van der Waals surface area contributed by atoms with Gasteiger partial charge in [0.15, 0.2) is 11.2 Å². The number of hydrogen-bond donors (Lipinski definition) is 0. The van der Waals surface area contributed by atoms with E-state index in [1.807, 2.05) is 54.6 Å². The van der Waals surface area contributed by atoms with Gasteiger partial charge in [-0.2, -0.15) is 0 Å². The molecule has 0 aliphatic rings. The van der Waals surface area contributed by atoms with Gasteiger partial charge in [-0.25, -0.2) is 4.98 Å². The van der Waals surface area contributed by atoms with Gasteiger partial charge < -0.3 is 13.7 Å². The summed E-state index contributed by atoms with van der Waals surface area (Å²) in [6.45, 7) is 0. The molecular weight excluding hydrogens is 504 g/mol. The summed E-state index contributed by atoms with van der Waals surface area (Å²) in [6.07, 6.45) is 0. The molecule has 0 spiro atoms. The monoisotopic (exact) mass is 528 g/mol. The van der Waals surface area contributed by atoms with E-state index in [0.717, 1.165) is 61.2 Å². The molecule has 4 nitrogen and oxygen atoms in total. The zero-order valence-corrected chi connectivity index (χ0v) is 22.1. The van der Waals surface area contributed by atoms with E-state index in [1.165, 1.54) is 5.56 Å². The first-order valence-electron chi connectivity index (χ1n) is 13.6. The topological polar surface area (TPSA) is 42.4 Å². The number of benzene rings is 6. The average molecular weight is 529 g/mol. The Bertz CT molecular complexity index is 2130. The van der Waals surface area contributed by atoms with Crippen LogP contribution in [0.2, 0.25) is 0 Å². The van der Waals surface area contributed by atoms with E-state index >= 15 is 0 Å². The molecule has 0 N–H and O–H groups in total. The standard InChI is InChI=1S/C37H24N2O2/c1-3-12-25(13-4-1)26-14-9-17-28(24-26)39(27-15-5-2-6-16-27)32-21-10-18-29-35-30(19-11-23-34(35)40-36(29)32)37-38-31-20-7-8-22-33(31)41-37/h1-24H. The second-order valence-electron chi connectivity index (χ2n) is 10.0. The zero-order chi connectivity index (χ0) is 27.2. The molecule has 194 valence electrons. The van der Waals surface area contributed by atoms with E-state index in [4.69, 9.17) is 13.8 Å². The molecule has 8 rings (SSSR count). The Morgan fingerprint density at radius 3 is 2.05 bits per heavy atom. The van der Waals surface area contributed by atoms with Crippen molar-refractivity contribution in [1.29, 1.82) is 0 Å². The SMILES string of the molecule is c1ccc(-c2cccc(N(c3ccccc3)c3cccc4c3oc3cccc(-c5nc6ccccc6o5)c34)c2)cc1. The Balaban J connectivity index is 1.36. The van der Waals surface area contributed by atoms with Gasteiger partial charge in [-0.15, -0.1) is 0 Å². The molecule has 0 unspecified atom stereocenters. The molecule has 0 bridgehead atoms.